The normalized spacial score (nSPS) is 16.0. The predicted molar refractivity (Wildman–Crippen MR) is 90.7 cm³/mol. The first kappa shape index (κ1) is 14.8. The first-order valence-electron chi connectivity index (χ1n) is 8.14. The highest BCUT2D eigenvalue weighted by Crippen LogP contribution is 2.22. The molecule has 0 amide bonds. The second kappa shape index (κ2) is 7.79. The van der Waals surface area contributed by atoms with Gasteiger partial charge in [-0.15, -0.1) is 0 Å². The fourth-order valence-electron chi connectivity index (χ4n) is 2.87. The standard InChI is InChI=1S/C20H22NO/c1-3-7-17(8-4-1)15-21-22-16-18-11-13-20(14-12-18)19-9-5-2-6-10-19/h2,5-6,9-14,17H,1,3-4,7-8,16H2. The van der Waals surface area contributed by atoms with Crippen LogP contribution >= 0.6 is 0 Å². The van der Waals surface area contributed by atoms with E-state index < -0.39 is 0 Å². The fraction of sp³-hybridized carbons (Fsp3) is 0.350. The monoisotopic (exact) mass is 292 g/mol. The van der Waals surface area contributed by atoms with Crippen LogP contribution in [0.3, 0.4) is 0 Å². The van der Waals surface area contributed by atoms with E-state index in [1.165, 1.54) is 43.2 Å². The van der Waals surface area contributed by atoms with Gasteiger partial charge in [0.15, 0.2) is 0 Å². The minimum absolute atomic E-state index is 0.495. The SMILES string of the molecule is [C](=N/OCc1ccc(-c2ccccc2)cc1)/C1CCCCC1. The summed E-state index contributed by atoms with van der Waals surface area (Å²) in [4.78, 5) is 5.38. The number of benzene rings is 2. The molecular weight excluding hydrogens is 270 g/mol. The molecule has 113 valence electrons. The third-order valence-electron chi connectivity index (χ3n) is 4.20. The van der Waals surface area contributed by atoms with E-state index in [4.69, 9.17) is 4.84 Å². The molecule has 2 aromatic carbocycles. The van der Waals surface area contributed by atoms with E-state index in [1.54, 1.807) is 0 Å². The van der Waals surface area contributed by atoms with Crippen LogP contribution in [0.4, 0.5) is 0 Å². The Morgan fingerprint density at radius 1 is 0.864 bits per heavy atom. The maximum atomic E-state index is 5.38. The van der Waals surface area contributed by atoms with E-state index in [2.05, 4.69) is 59.9 Å². The second-order valence-electron chi connectivity index (χ2n) is 5.89. The topological polar surface area (TPSA) is 21.6 Å². The summed E-state index contributed by atoms with van der Waals surface area (Å²) in [7, 11) is 0. The molecule has 1 fully saturated rings. The zero-order chi connectivity index (χ0) is 15.0. The first-order chi connectivity index (χ1) is 10.9. The van der Waals surface area contributed by atoms with Crippen molar-refractivity contribution in [3.05, 3.63) is 60.2 Å². The number of rotatable bonds is 5. The van der Waals surface area contributed by atoms with Crippen LogP contribution in [-0.4, -0.2) is 6.21 Å². The minimum Gasteiger partial charge on any atom is -0.391 e. The lowest BCUT2D eigenvalue weighted by Gasteiger charge is -2.15. The van der Waals surface area contributed by atoms with Crippen molar-refractivity contribution in [3.63, 3.8) is 0 Å². The molecule has 2 heteroatoms. The van der Waals surface area contributed by atoms with Crippen LogP contribution in [0, 0.1) is 5.92 Å². The lowest BCUT2D eigenvalue weighted by Crippen LogP contribution is -2.07. The molecule has 0 N–H and O–H groups in total. The van der Waals surface area contributed by atoms with Gasteiger partial charge in [-0.1, -0.05) is 79.0 Å². The molecule has 0 heterocycles. The molecule has 0 spiro atoms. The second-order valence-corrected chi connectivity index (χ2v) is 5.89. The Morgan fingerprint density at radius 3 is 2.27 bits per heavy atom. The van der Waals surface area contributed by atoms with Crippen LogP contribution in [0.5, 0.6) is 0 Å². The molecule has 1 radical (unpaired) electrons. The average Bonchev–Trinajstić information content (AvgIpc) is 2.61. The Kier molecular flexibility index (Phi) is 5.25. The molecule has 0 aliphatic heterocycles. The van der Waals surface area contributed by atoms with Crippen LogP contribution in [0.2, 0.25) is 0 Å². The summed E-state index contributed by atoms with van der Waals surface area (Å²) >= 11 is 0. The summed E-state index contributed by atoms with van der Waals surface area (Å²) in [6.45, 7) is 0.509. The van der Waals surface area contributed by atoms with Crippen LogP contribution in [0.1, 0.15) is 37.7 Å². The number of hydrogen-bond acceptors (Lipinski definition) is 2. The summed E-state index contributed by atoms with van der Waals surface area (Å²) in [5, 5.41) is 4.02. The molecule has 0 unspecified atom stereocenters. The van der Waals surface area contributed by atoms with E-state index in [0.29, 0.717) is 12.5 Å². The lowest BCUT2D eigenvalue weighted by molar-refractivity contribution is 0.130. The molecule has 2 nitrogen and oxygen atoms in total. The van der Waals surface area contributed by atoms with Gasteiger partial charge in [0.1, 0.15) is 12.8 Å². The van der Waals surface area contributed by atoms with Crippen LogP contribution in [-0.2, 0) is 11.4 Å². The predicted octanol–water partition coefficient (Wildman–Crippen LogP) is 5.31. The average molecular weight is 292 g/mol. The lowest BCUT2D eigenvalue weighted by atomic mass is 9.90. The van der Waals surface area contributed by atoms with Crippen molar-refractivity contribution < 1.29 is 4.84 Å². The van der Waals surface area contributed by atoms with Gasteiger partial charge in [0.25, 0.3) is 0 Å². The summed E-state index contributed by atoms with van der Waals surface area (Å²) < 4.78 is 0. The van der Waals surface area contributed by atoms with Crippen molar-refractivity contribution in [2.24, 2.45) is 11.1 Å². The largest absolute Gasteiger partial charge is 0.391 e. The first-order valence-corrected chi connectivity index (χ1v) is 8.14. The third kappa shape index (κ3) is 4.20. The Hall–Kier alpha value is -2.09. The summed E-state index contributed by atoms with van der Waals surface area (Å²) in [5.74, 6) is 0.495. The molecule has 0 atom stereocenters. The van der Waals surface area contributed by atoms with E-state index >= 15 is 0 Å². The molecule has 0 aromatic heterocycles. The molecule has 1 aliphatic carbocycles. The van der Waals surface area contributed by atoms with Gasteiger partial charge in [0.05, 0.1) is 0 Å². The Morgan fingerprint density at radius 2 is 1.55 bits per heavy atom. The zero-order valence-corrected chi connectivity index (χ0v) is 12.9. The van der Waals surface area contributed by atoms with Gasteiger partial charge >= 0.3 is 0 Å². The summed E-state index contributed by atoms with van der Waals surface area (Å²) in [6, 6.07) is 18.8. The van der Waals surface area contributed by atoms with Gasteiger partial charge in [-0.2, -0.15) is 0 Å². The van der Waals surface area contributed by atoms with Crippen molar-refractivity contribution in [1.29, 1.82) is 0 Å². The Labute approximate surface area is 132 Å². The summed E-state index contributed by atoms with van der Waals surface area (Å²) in [6.07, 6.45) is 9.50. The van der Waals surface area contributed by atoms with E-state index in [0.717, 1.165) is 5.56 Å². The Balaban J connectivity index is 1.50. The molecular formula is C20H22NO. The van der Waals surface area contributed by atoms with Crippen LogP contribution in [0.15, 0.2) is 59.8 Å². The van der Waals surface area contributed by atoms with Crippen LogP contribution in [0.25, 0.3) is 11.1 Å². The highest BCUT2D eigenvalue weighted by atomic mass is 16.6. The van der Waals surface area contributed by atoms with Gasteiger partial charge in [0, 0.05) is 5.92 Å². The van der Waals surface area contributed by atoms with E-state index in [9.17, 15) is 0 Å². The quantitative estimate of drug-likeness (QED) is 0.540. The molecule has 0 saturated heterocycles. The van der Waals surface area contributed by atoms with E-state index in [-0.39, 0.29) is 0 Å². The summed E-state index contributed by atoms with van der Waals surface area (Å²) in [5.41, 5.74) is 3.59. The van der Waals surface area contributed by atoms with Gasteiger partial charge in [0.2, 0.25) is 0 Å². The van der Waals surface area contributed by atoms with Crippen molar-refractivity contribution in [2.45, 2.75) is 38.7 Å². The van der Waals surface area contributed by atoms with Crippen molar-refractivity contribution >= 4 is 6.21 Å². The maximum Gasteiger partial charge on any atom is 0.142 e. The number of hydrogen-bond donors (Lipinski definition) is 0. The maximum absolute atomic E-state index is 5.38. The highest BCUT2D eigenvalue weighted by Gasteiger charge is 2.11. The van der Waals surface area contributed by atoms with Gasteiger partial charge in [-0.3, -0.25) is 0 Å². The molecule has 0 bridgehead atoms. The molecule has 1 aliphatic rings. The van der Waals surface area contributed by atoms with Gasteiger partial charge < -0.3 is 4.84 Å². The van der Waals surface area contributed by atoms with Crippen molar-refractivity contribution in [2.75, 3.05) is 0 Å². The van der Waals surface area contributed by atoms with Crippen molar-refractivity contribution in [1.82, 2.24) is 0 Å². The molecule has 2 aromatic rings. The Bertz CT molecular complexity index is 583. The fourth-order valence-corrected chi connectivity index (χ4v) is 2.87. The third-order valence-corrected chi connectivity index (χ3v) is 4.20. The van der Waals surface area contributed by atoms with E-state index in [1.807, 2.05) is 6.07 Å². The number of nitrogens with zero attached hydrogens (tertiary/aromatic N) is 1. The zero-order valence-electron chi connectivity index (χ0n) is 12.9. The highest BCUT2D eigenvalue weighted by molar-refractivity contribution is 5.63. The van der Waals surface area contributed by atoms with Gasteiger partial charge in [-0.25, -0.2) is 0 Å². The van der Waals surface area contributed by atoms with Crippen molar-refractivity contribution in [3.8, 4) is 11.1 Å². The van der Waals surface area contributed by atoms with Crippen LogP contribution < -0.4 is 0 Å². The van der Waals surface area contributed by atoms with Gasteiger partial charge in [-0.05, 0) is 29.5 Å². The minimum atomic E-state index is 0.495. The smallest absolute Gasteiger partial charge is 0.142 e. The molecule has 22 heavy (non-hydrogen) atoms. The molecule has 1 saturated carbocycles. The molecule has 3 rings (SSSR count).